The fraction of sp³-hybridized carbons (Fsp3) is 0.353. The number of nitro groups is 1. The molecule has 6 nitrogen and oxygen atoms in total. The summed E-state index contributed by atoms with van der Waals surface area (Å²) in [5, 5.41) is 14.2. The zero-order valence-electron chi connectivity index (χ0n) is 13.4. The molecule has 1 aromatic carbocycles. The van der Waals surface area contributed by atoms with Crippen molar-refractivity contribution in [3.8, 4) is 0 Å². The molecule has 1 aliphatic heterocycles. The van der Waals surface area contributed by atoms with E-state index < -0.39 is 4.92 Å². The van der Waals surface area contributed by atoms with Crippen LogP contribution in [0, 0.1) is 22.9 Å². The monoisotopic (exact) mass is 330 g/mol. The van der Waals surface area contributed by atoms with E-state index in [1.165, 1.54) is 18.3 Å². The van der Waals surface area contributed by atoms with E-state index in [0.717, 1.165) is 31.6 Å². The van der Waals surface area contributed by atoms with Crippen LogP contribution in [-0.2, 0) is 0 Å². The summed E-state index contributed by atoms with van der Waals surface area (Å²) >= 11 is 0. The molecule has 1 saturated heterocycles. The molecule has 0 spiro atoms. The van der Waals surface area contributed by atoms with Crippen molar-refractivity contribution in [3.05, 3.63) is 58.0 Å². The molecule has 24 heavy (non-hydrogen) atoms. The first kappa shape index (κ1) is 16.2. The van der Waals surface area contributed by atoms with Gasteiger partial charge in [0.1, 0.15) is 17.8 Å². The third kappa shape index (κ3) is 3.61. The van der Waals surface area contributed by atoms with Gasteiger partial charge in [-0.3, -0.25) is 10.1 Å². The Balaban J connectivity index is 1.69. The number of hydrogen-bond donors (Lipinski definition) is 1. The van der Waals surface area contributed by atoms with Gasteiger partial charge in [0.2, 0.25) is 0 Å². The van der Waals surface area contributed by atoms with Crippen molar-refractivity contribution in [2.75, 3.05) is 23.3 Å². The minimum Gasteiger partial charge on any atom is -0.369 e. The molecule has 1 atom stereocenters. The zero-order chi connectivity index (χ0) is 17.1. The van der Waals surface area contributed by atoms with Crippen LogP contribution in [0.1, 0.15) is 18.4 Å². The molecule has 0 aliphatic carbocycles. The summed E-state index contributed by atoms with van der Waals surface area (Å²) in [6, 6.07) is 8.45. The molecule has 0 radical (unpaired) electrons. The van der Waals surface area contributed by atoms with Crippen LogP contribution in [0.15, 0.2) is 36.5 Å². The van der Waals surface area contributed by atoms with Gasteiger partial charge in [-0.05, 0) is 44.0 Å². The zero-order valence-corrected chi connectivity index (χ0v) is 13.4. The van der Waals surface area contributed by atoms with Crippen molar-refractivity contribution in [1.29, 1.82) is 0 Å². The van der Waals surface area contributed by atoms with Crippen molar-refractivity contribution in [2.24, 2.45) is 0 Å². The highest BCUT2D eigenvalue weighted by Crippen LogP contribution is 2.24. The minimum absolute atomic E-state index is 0.0191. The van der Waals surface area contributed by atoms with E-state index in [0.29, 0.717) is 11.4 Å². The summed E-state index contributed by atoms with van der Waals surface area (Å²) in [6.07, 6.45) is 3.24. The highest BCUT2D eigenvalue weighted by atomic mass is 19.1. The van der Waals surface area contributed by atoms with Gasteiger partial charge in [-0.2, -0.15) is 0 Å². The van der Waals surface area contributed by atoms with E-state index in [1.807, 2.05) is 6.07 Å². The van der Waals surface area contributed by atoms with E-state index >= 15 is 0 Å². The van der Waals surface area contributed by atoms with E-state index in [4.69, 9.17) is 0 Å². The molecule has 1 aliphatic rings. The first-order valence-corrected chi connectivity index (χ1v) is 7.91. The Morgan fingerprint density at radius 3 is 2.96 bits per heavy atom. The van der Waals surface area contributed by atoms with Crippen LogP contribution in [0.5, 0.6) is 0 Å². The highest BCUT2D eigenvalue weighted by Gasteiger charge is 2.21. The van der Waals surface area contributed by atoms with Crippen LogP contribution in [0.4, 0.5) is 21.6 Å². The molecule has 3 rings (SSSR count). The summed E-state index contributed by atoms with van der Waals surface area (Å²) in [4.78, 5) is 16.7. The molecule has 1 N–H and O–H groups in total. The van der Waals surface area contributed by atoms with Gasteiger partial charge in [0.25, 0.3) is 5.69 Å². The Kier molecular flexibility index (Phi) is 4.59. The lowest BCUT2D eigenvalue weighted by Gasteiger charge is -2.35. The van der Waals surface area contributed by atoms with Crippen molar-refractivity contribution < 1.29 is 9.31 Å². The molecule has 2 aromatic rings. The maximum atomic E-state index is 13.4. The SMILES string of the molecule is Cc1cc(NC2CCCN(c3cccc(F)c3)C2)ncc1[N+](=O)[O-]. The number of nitrogens with one attached hydrogen (secondary N) is 1. The van der Waals surface area contributed by atoms with Gasteiger partial charge in [0.15, 0.2) is 0 Å². The van der Waals surface area contributed by atoms with Crippen LogP contribution in [0.2, 0.25) is 0 Å². The van der Waals surface area contributed by atoms with E-state index in [-0.39, 0.29) is 17.5 Å². The largest absolute Gasteiger partial charge is 0.369 e. The first-order chi connectivity index (χ1) is 11.5. The van der Waals surface area contributed by atoms with Gasteiger partial charge in [-0.1, -0.05) is 6.07 Å². The van der Waals surface area contributed by atoms with Gasteiger partial charge < -0.3 is 10.2 Å². The molecule has 126 valence electrons. The standard InChI is InChI=1S/C17H19FN4O2/c1-12-8-17(19-10-16(12)22(23)24)20-14-5-3-7-21(11-14)15-6-2-4-13(18)9-15/h2,4,6,8-10,14H,3,5,7,11H2,1H3,(H,19,20). The van der Waals surface area contributed by atoms with E-state index in [2.05, 4.69) is 15.2 Å². The van der Waals surface area contributed by atoms with Gasteiger partial charge in [-0.25, -0.2) is 9.37 Å². The fourth-order valence-corrected chi connectivity index (χ4v) is 3.03. The van der Waals surface area contributed by atoms with E-state index in [9.17, 15) is 14.5 Å². The minimum atomic E-state index is -0.432. The topological polar surface area (TPSA) is 71.3 Å². The molecular weight excluding hydrogens is 311 g/mol. The van der Waals surface area contributed by atoms with Crippen molar-refractivity contribution in [1.82, 2.24) is 4.98 Å². The normalized spacial score (nSPS) is 17.6. The predicted molar refractivity (Wildman–Crippen MR) is 90.9 cm³/mol. The lowest BCUT2D eigenvalue weighted by atomic mass is 10.0. The van der Waals surface area contributed by atoms with Crippen LogP contribution in [0.3, 0.4) is 0 Å². The Morgan fingerprint density at radius 2 is 2.25 bits per heavy atom. The third-order valence-corrected chi connectivity index (χ3v) is 4.23. The number of halogens is 1. The van der Waals surface area contributed by atoms with Crippen molar-refractivity contribution in [3.63, 3.8) is 0 Å². The number of aromatic nitrogens is 1. The summed E-state index contributed by atoms with van der Waals surface area (Å²) in [5.74, 6) is 0.388. The second-order valence-corrected chi connectivity index (χ2v) is 6.02. The van der Waals surface area contributed by atoms with Gasteiger partial charge in [0, 0.05) is 30.4 Å². The lowest BCUT2D eigenvalue weighted by molar-refractivity contribution is -0.385. The quantitative estimate of drug-likeness (QED) is 0.686. The van der Waals surface area contributed by atoms with Crippen LogP contribution >= 0.6 is 0 Å². The molecule has 1 aromatic heterocycles. The molecule has 1 fully saturated rings. The van der Waals surface area contributed by atoms with Crippen LogP contribution < -0.4 is 10.2 Å². The average Bonchev–Trinajstić information content (AvgIpc) is 2.55. The smallest absolute Gasteiger partial charge is 0.290 e. The lowest BCUT2D eigenvalue weighted by Crippen LogP contribution is -2.42. The number of piperidine rings is 1. The third-order valence-electron chi connectivity index (χ3n) is 4.23. The number of hydrogen-bond acceptors (Lipinski definition) is 5. The summed E-state index contributed by atoms with van der Waals surface area (Å²) in [7, 11) is 0. The number of pyridine rings is 1. The Hall–Kier alpha value is -2.70. The Labute approximate surface area is 139 Å². The van der Waals surface area contributed by atoms with Gasteiger partial charge >= 0.3 is 0 Å². The molecule has 1 unspecified atom stereocenters. The number of aryl methyl sites for hydroxylation is 1. The van der Waals surface area contributed by atoms with Gasteiger partial charge in [-0.15, -0.1) is 0 Å². The molecule has 0 amide bonds. The van der Waals surface area contributed by atoms with Gasteiger partial charge in [0.05, 0.1) is 4.92 Å². The fourth-order valence-electron chi connectivity index (χ4n) is 3.03. The predicted octanol–water partition coefficient (Wildman–Crippen LogP) is 3.52. The molecule has 7 heteroatoms. The number of benzene rings is 1. The van der Waals surface area contributed by atoms with E-state index in [1.54, 1.807) is 19.1 Å². The average molecular weight is 330 g/mol. The van der Waals surface area contributed by atoms with Crippen molar-refractivity contribution in [2.45, 2.75) is 25.8 Å². The van der Waals surface area contributed by atoms with Crippen LogP contribution in [-0.4, -0.2) is 29.0 Å². The van der Waals surface area contributed by atoms with Crippen molar-refractivity contribution >= 4 is 17.2 Å². The molecule has 0 saturated carbocycles. The second-order valence-electron chi connectivity index (χ2n) is 6.02. The maximum Gasteiger partial charge on any atom is 0.290 e. The summed E-state index contributed by atoms with van der Waals surface area (Å²) < 4.78 is 13.4. The Morgan fingerprint density at radius 1 is 1.42 bits per heavy atom. The number of anilines is 2. The summed E-state index contributed by atoms with van der Waals surface area (Å²) in [6.45, 7) is 3.32. The van der Waals surface area contributed by atoms with Crippen LogP contribution in [0.25, 0.3) is 0 Å². The highest BCUT2D eigenvalue weighted by molar-refractivity contribution is 5.50. The number of nitrogens with zero attached hydrogens (tertiary/aromatic N) is 3. The second kappa shape index (κ2) is 6.82. The molecule has 2 heterocycles. The molecular formula is C17H19FN4O2. The number of rotatable bonds is 4. The Bertz CT molecular complexity index is 753. The maximum absolute atomic E-state index is 13.4. The molecule has 0 bridgehead atoms. The summed E-state index contributed by atoms with van der Waals surface area (Å²) in [5.41, 5.74) is 1.47. The first-order valence-electron chi connectivity index (χ1n) is 7.91.